The van der Waals surface area contributed by atoms with Gasteiger partial charge in [-0.1, -0.05) is 6.92 Å². The lowest BCUT2D eigenvalue weighted by Gasteiger charge is -2.31. The van der Waals surface area contributed by atoms with E-state index in [1.807, 2.05) is 12.1 Å². The number of rotatable bonds is 2. The Morgan fingerprint density at radius 3 is 2.53 bits per heavy atom. The molecule has 19 heavy (non-hydrogen) atoms. The lowest BCUT2D eigenvalue weighted by molar-refractivity contribution is 0.101. The first-order valence-corrected chi connectivity index (χ1v) is 6.98. The van der Waals surface area contributed by atoms with Crippen LogP contribution in [0.3, 0.4) is 0 Å². The monoisotopic (exact) mass is 260 g/mol. The van der Waals surface area contributed by atoms with E-state index in [1.54, 1.807) is 6.92 Å². The molecule has 0 bridgehead atoms. The highest BCUT2D eigenvalue weighted by atomic mass is 16.1. The van der Waals surface area contributed by atoms with Gasteiger partial charge >= 0.3 is 0 Å². The molecule has 0 radical (unpaired) electrons. The van der Waals surface area contributed by atoms with Crippen LogP contribution in [0.15, 0.2) is 24.3 Å². The Hall–Kier alpha value is -1.35. The molecule has 0 spiro atoms. The Balaban J connectivity index is 2.21. The van der Waals surface area contributed by atoms with Gasteiger partial charge in [-0.15, -0.1) is 0 Å². The van der Waals surface area contributed by atoms with Gasteiger partial charge in [-0.2, -0.15) is 0 Å². The fourth-order valence-electron chi connectivity index (χ4n) is 2.59. The van der Waals surface area contributed by atoms with Crippen LogP contribution in [0.2, 0.25) is 0 Å². The molecule has 104 valence electrons. The predicted molar refractivity (Wildman–Crippen MR) is 79.9 cm³/mol. The van der Waals surface area contributed by atoms with E-state index in [-0.39, 0.29) is 11.3 Å². The normalized spacial score (nSPS) is 22.9. The minimum Gasteiger partial charge on any atom is -0.369 e. The number of Topliss-reactive ketones (excluding diaryl/α,β-unsaturated/α-hetero) is 1. The third-order valence-electron chi connectivity index (χ3n) is 3.69. The first kappa shape index (κ1) is 14.1. The summed E-state index contributed by atoms with van der Waals surface area (Å²) in [6.45, 7) is 11.4. The number of benzene rings is 1. The second kappa shape index (κ2) is 5.33. The van der Waals surface area contributed by atoms with E-state index in [4.69, 9.17) is 0 Å². The summed E-state index contributed by atoms with van der Waals surface area (Å²) in [5.74, 6) is 0.743. The van der Waals surface area contributed by atoms with Crippen molar-refractivity contribution in [2.75, 3.05) is 24.5 Å². The number of ketones is 1. The standard InChI is InChI=1S/C16H24N2O/c1-12-9-17-16(3,4)11-18(10-12)15-7-5-14(6-8-15)13(2)19/h5-8,12,17H,9-11H2,1-4H3. The summed E-state index contributed by atoms with van der Waals surface area (Å²) in [4.78, 5) is 13.7. The molecule has 1 N–H and O–H groups in total. The first-order chi connectivity index (χ1) is 8.87. The molecule has 1 aromatic carbocycles. The molecule has 1 heterocycles. The van der Waals surface area contributed by atoms with Gasteiger partial charge in [0, 0.05) is 29.9 Å². The van der Waals surface area contributed by atoms with Gasteiger partial charge in [0.05, 0.1) is 0 Å². The number of nitrogens with zero attached hydrogens (tertiary/aromatic N) is 1. The summed E-state index contributed by atoms with van der Waals surface area (Å²) in [6.07, 6.45) is 0. The van der Waals surface area contributed by atoms with Crippen molar-refractivity contribution in [3.63, 3.8) is 0 Å². The number of carbonyl (C=O) groups excluding carboxylic acids is 1. The number of anilines is 1. The van der Waals surface area contributed by atoms with Crippen molar-refractivity contribution in [1.82, 2.24) is 5.32 Å². The molecule has 1 aliphatic heterocycles. The highest BCUT2D eigenvalue weighted by Gasteiger charge is 2.26. The summed E-state index contributed by atoms with van der Waals surface area (Å²) in [7, 11) is 0. The largest absolute Gasteiger partial charge is 0.369 e. The molecular weight excluding hydrogens is 236 g/mol. The van der Waals surface area contributed by atoms with Gasteiger partial charge in [-0.25, -0.2) is 0 Å². The summed E-state index contributed by atoms with van der Waals surface area (Å²) < 4.78 is 0. The van der Waals surface area contributed by atoms with Gasteiger partial charge in [-0.05, 0) is 57.5 Å². The Morgan fingerprint density at radius 2 is 1.95 bits per heavy atom. The molecule has 1 atom stereocenters. The summed E-state index contributed by atoms with van der Waals surface area (Å²) in [6, 6.07) is 7.97. The second-order valence-electron chi connectivity index (χ2n) is 6.35. The molecule has 2 rings (SSSR count). The number of carbonyl (C=O) groups is 1. The highest BCUT2D eigenvalue weighted by molar-refractivity contribution is 5.94. The van der Waals surface area contributed by atoms with Crippen molar-refractivity contribution < 1.29 is 4.79 Å². The van der Waals surface area contributed by atoms with Crippen molar-refractivity contribution in [1.29, 1.82) is 0 Å². The quantitative estimate of drug-likeness (QED) is 0.830. The van der Waals surface area contributed by atoms with Gasteiger partial charge in [0.1, 0.15) is 0 Å². The van der Waals surface area contributed by atoms with Crippen LogP contribution in [0.5, 0.6) is 0 Å². The summed E-state index contributed by atoms with van der Waals surface area (Å²) in [5, 5.41) is 3.60. The van der Waals surface area contributed by atoms with Crippen molar-refractivity contribution in [3.05, 3.63) is 29.8 Å². The molecule has 0 aliphatic carbocycles. The molecule has 1 saturated heterocycles. The van der Waals surface area contributed by atoms with Crippen molar-refractivity contribution in [2.24, 2.45) is 5.92 Å². The molecule has 1 aromatic rings. The van der Waals surface area contributed by atoms with Crippen LogP contribution in [0.25, 0.3) is 0 Å². The van der Waals surface area contributed by atoms with Crippen LogP contribution in [-0.2, 0) is 0 Å². The Bertz CT molecular complexity index is 450. The van der Waals surface area contributed by atoms with E-state index >= 15 is 0 Å². The second-order valence-corrected chi connectivity index (χ2v) is 6.35. The first-order valence-electron chi connectivity index (χ1n) is 6.98. The van der Waals surface area contributed by atoms with E-state index in [1.165, 1.54) is 5.69 Å². The lowest BCUT2D eigenvalue weighted by Crippen LogP contribution is -2.46. The molecule has 3 heteroatoms. The molecule has 0 aromatic heterocycles. The van der Waals surface area contributed by atoms with Crippen molar-refractivity contribution in [2.45, 2.75) is 33.2 Å². The molecule has 1 aliphatic rings. The van der Waals surface area contributed by atoms with Gasteiger partial charge in [-0.3, -0.25) is 4.79 Å². The SMILES string of the molecule is CC(=O)c1ccc(N2CC(C)CNC(C)(C)C2)cc1. The van der Waals surface area contributed by atoms with Gasteiger partial charge in [0.2, 0.25) is 0 Å². The number of hydrogen-bond acceptors (Lipinski definition) is 3. The molecule has 1 fully saturated rings. The summed E-state index contributed by atoms with van der Waals surface area (Å²) >= 11 is 0. The van der Waals surface area contributed by atoms with Gasteiger partial charge in [0.25, 0.3) is 0 Å². The van der Waals surface area contributed by atoms with E-state index in [2.05, 4.69) is 43.1 Å². The Morgan fingerprint density at radius 1 is 1.32 bits per heavy atom. The minimum absolute atomic E-state index is 0.115. The number of hydrogen-bond donors (Lipinski definition) is 1. The van der Waals surface area contributed by atoms with Gasteiger partial charge < -0.3 is 10.2 Å². The maximum Gasteiger partial charge on any atom is 0.159 e. The van der Waals surface area contributed by atoms with Crippen LogP contribution >= 0.6 is 0 Å². The van der Waals surface area contributed by atoms with Crippen LogP contribution in [0, 0.1) is 5.92 Å². The third-order valence-corrected chi connectivity index (χ3v) is 3.69. The fourth-order valence-corrected chi connectivity index (χ4v) is 2.59. The van der Waals surface area contributed by atoms with E-state index in [0.717, 1.165) is 25.2 Å². The average Bonchev–Trinajstić information content (AvgIpc) is 2.48. The van der Waals surface area contributed by atoms with E-state index < -0.39 is 0 Å². The lowest BCUT2D eigenvalue weighted by atomic mass is 10.0. The molecule has 0 amide bonds. The summed E-state index contributed by atoms with van der Waals surface area (Å²) in [5.41, 5.74) is 2.10. The zero-order chi connectivity index (χ0) is 14.0. The van der Waals surface area contributed by atoms with Crippen LogP contribution < -0.4 is 10.2 Å². The highest BCUT2D eigenvalue weighted by Crippen LogP contribution is 2.22. The molecule has 3 nitrogen and oxygen atoms in total. The Labute approximate surface area is 116 Å². The smallest absolute Gasteiger partial charge is 0.159 e. The van der Waals surface area contributed by atoms with Gasteiger partial charge in [0.15, 0.2) is 5.78 Å². The van der Waals surface area contributed by atoms with Crippen LogP contribution in [0.1, 0.15) is 38.1 Å². The topological polar surface area (TPSA) is 32.3 Å². The molecule has 0 saturated carbocycles. The third kappa shape index (κ3) is 3.57. The van der Waals surface area contributed by atoms with Crippen LogP contribution in [-0.4, -0.2) is 31.0 Å². The maximum atomic E-state index is 11.3. The molecule has 1 unspecified atom stereocenters. The zero-order valence-electron chi connectivity index (χ0n) is 12.4. The van der Waals surface area contributed by atoms with E-state index in [9.17, 15) is 4.79 Å². The zero-order valence-corrected chi connectivity index (χ0v) is 12.4. The minimum atomic E-state index is 0.115. The number of nitrogens with one attached hydrogen (secondary N) is 1. The van der Waals surface area contributed by atoms with E-state index in [0.29, 0.717) is 5.92 Å². The average molecular weight is 260 g/mol. The fraction of sp³-hybridized carbons (Fsp3) is 0.562. The Kier molecular flexibility index (Phi) is 3.95. The van der Waals surface area contributed by atoms with Crippen LogP contribution in [0.4, 0.5) is 5.69 Å². The molecular formula is C16H24N2O. The van der Waals surface area contributed by atoms with Crippen molar-refractivity contribution in [3.8, 4) is 0 Å². The predicted octanol–water partition coefficient (Wildman–Crippen LogP) is 2.71. The maximum absolute atomic E-state index is 11.3. The van der Waals surface area contributed by atoms with Crippen molar-refractivity contribution >= 4 is 11.5 Å².